The molecule has 0 aliphatic rings. The molecule has 1 aromatic heterocycles. The minimum Gasteiger partial charge on any atom is -0.382 e. The van der Waals surface area contributed by atoms with Crippen LogP contribution in [-0.2, 0) is 14.9 Å². The first-order valence-electron chi connectivity index (χ1n) is 7.15. The Labute approximate surface area is 154 Å². The molecular formula is C15H28IN3O2S. The van der Waals surface area contributed by atoms with Gasteiger partial charge in [0.1, 0.15) is 0 Å². The first-order valence-corrected chi connectivity index (χ1v) is 8.03. The molecule has 2 N–H and O–H groups in total. The van der Waals surface area contributed by atoms with Crippen molar-refractivity contribution in [1.82, 2.24) is 10.6 Å². The van der Waals surface area contributed by atoms with Crippen LogP contribution in [-0.4, -0.2) is 53.0 Å². The highest BCUT2D eigenvalue weighted by Crippen LogP contribution is 2.26. The number of guanidine groups is 1. The van der Waals surface area contributed by atoms with Crippen molar-refractivity contribution in [2.45, 2.75) is 19.3 Å². The summed E-state index contributed by atoms with van der Waals surface area (Å²) in [6, 6.07) is 4.26. The maximum absolute atomic E-state index is 5.40. The first-order chi connectivity index (χ1) is 10.1. The molecule has 1 heterocycles. The molecule has 128 valence electrons. The molecule has 0 aliphatic carbocycles. The minimum atomic E-state index is 0. The number of thiophene rings is 1. The Morgan fingerprint density at radius 2 is 2.05 bits per heavy atom. The Morgan fingerprint density at radius 1 is 1.27 bits per heavy atom. The summed E-state index contributed by atoms with van der Waals surface area (Å²) < 4.78 is 10.3. The zero-order chi connectivity index (χ0) is 15.6. The van der Waals surface area contributed by atoms with Crippen LogP contribution >= 0.6 is 35.3 Å². The Balaban J connectivity index is 0.00000441. The molecular weight excluding hydrogens is 413 g/mol. The van der Waals surface area contributed by atoms with Crippen LogP contribution in [0.3, 0.4) is 0 Å². The fraction of sp³-hybridized carbons (Fsp3) is 0.667. The number of hydrogen-bond donors (Lipinski definition) is 2. The molecule has 0 aliphatic heterocycles. The largest absolute Gasteiger partial charge is 0.382 e. The molecule has 1 rings (SSSR count). The predicted molar refractivity (Wildman–Crippen MR) is 105 cm³/mol. The van der Waals surface area contributed by atoms with E-state index in [0.717, 1.165) is 19.0 Å². The van der Waals surface area contributed by atoms with Crippen molar-refractivity contribution in [3.8, 4) is 0 Å². The fourth-order valence-corrected chi connectivity index (χ4v) is 2.61. The highest BCUT2D eigenvalue weighted by atomic mass is 127. The molecule has 7 heteroatoms. The van der Waals surface area contributed by atoms with Crippen LogP contribution < -0.4 is 10.6 Å². The number of halogens is 1. The van der Waals surface area contributed by atoms with Gasteiger partial charge in [0.2, 0.25) is 0 Å². The lowest BCUT2D eigenvalue weighted by atomic mass is 9.91. The Bertz CT molecular complexity index is 411. The fourth-order valence-electron chi connectivity index (χ4n) is 1.76. The van der Waals surface area contributed by atoms with Gasteiger partial charge in [-0.2, -0.15) is 0 Å². The van der Waals surface area contributed by atoms with Gasteiger partial charge in [-0.3, -0.25) is 4.99 Å². The molecule has 1 aromatic rings. The molecule has 0 radical (unpaired) electrons. The van der Waals surface area contributed by atoms with Crippen LogP contribution in [0, 0.1) is 0 Å². The molecule has 0 spiro atoms. The molecule has 0 saturated carbocycles. The minimum absolute atomic E-state index is 0. The molecule has 0 fully saturated rings. The summed E-state index contributed by atoms with van der Waals surface area (Å²) in [4.78, 5) is 5.59. The van der Waals surface area contributed by atoms with E-state index in [9.17, 15) is 0 Å². The zero-order valence-electron chi connectivity index (χ0n) is 13.8. The van der Waals surface area contributed by atoms with E-state index in [1.807, 2.05) is 0 Å². The normalized spacial score (nSPS) is 11.9. The van der Waals surface area contributed by atoms with Crippen molar-refractivity contribution in [2.24, 2.45) is 4.99 Å². The third-order valence-corrected chi connectivity index (χ3v) is 4.32. The van der Waals surface area contributed by atoms with E-state index in [0.29, 0.717) is 19.8 Å². The average molecular weight is 441 g/mol. The standard InChI is InChI=1S/C15H27N3O2S.HI/c1-15(2,13-6-5-11-21-13)12-18-14(16-3)17-7-8-20-10-9-19-4;/h5-6,11H,7-10,12H2,1-4H3,(H2,16,17,18);1H. The lowest BCUT2D eigenvalue weighted by Gasteiger charge is -2.25. The summed E-state index contributed by atoms with van der Waals surface area (Å²) >= 11 is 1.79. The lowest BCUT2D eigenvalue weighted by Crippen LogP contribution is -2.44. The van der Waals surface area contributed by atoms with E-state index in [1.54, 1.807) is 25.5 Å². The Kier molecular flexibility index (Phi) is 11.9. The number of rotatable bonds is 9. The maximum atomic E-state index is 5.40. The predicted octanol–water partition coefficient (Wildman–Crippen LogP) is 2.47. The number of nitrogens with one attached hydrogen (secondary N) is 2. The maximum Gasteiger partial charge on any atom is 0.191 e. The molecule has 0 unspecified atom stereocenters. The van der Waals surface area contributed by atoms with E-state index in [4.69, 9.17) is 9.47 Å². The molecule has 0 aromatic carbocycles. The first kappa shape index (κ1) is 21.6. The summed E-state index contributed by atoms with van der Waals surface area (Å²) in [6.45, 7) is 7.90. The van der Waals surface area contributed by atoms with Gasteiger partial charge in [-0.25, -0.2) is 0 Å². The van der Waals surface area contributed by atoms with Gasteiger partial charge < -0.3 is 20.1 Å². The van der Waals surface area contributed by atoms with E-state index in [1.165, 1.54) is 4.88 Å². The van der Waals surface area contributed by atoms with Crippen LogP contribution in [0.15, 0.2) is 22.5 Å². The van der Waals surface area contributed by atoms with E-state index >= 15 is 0 Å². The molecule has 0 atom stereocenters. The van der Waals surface area contributed by atoms with Crippen molar-refractivity contribution in [3.05, 3.63) is 22.4 Å². The number of aliphatic imine (C=N–C) groups is 1. The molecule has 0 saturated heterocycles. The van der Waals surface area contributed by atoms with Crippen molar-refractivity contribution >= 4 is 41.3 Å². The second-order valence-electron chi connectivity index (χ2n) is 5.32. The van der Waals surface area contributed by atoms with Gasteiger partial charge in [0.05, 0.1) is 19.8 Å². The van der Waals surface area contributed by atoms with Crippen LogP contribution in [0.4, 0.5) is 0 Å². The Morgan fingerprint density at radius 3 is 2.64 bits per heavy atom. The smallest absolute Gasteiger partial charge is 0.191 e. The summed E-state index contributed by atoms with van der Waals surface area (Å²) in [7, 11) is 3.45. The molecule has 22 heavy (non-hydrogen) atoms. The molecule has 0 bridgehead atoms. The van der Waals surface area contributed by atoms with E-state index in [2.05, 4.69) is 47.0 Å². The summed E-state index contributed by atoms with van der Waals surface area (Å²) in [5.41, 5.74) is 0.0841. The topological polar surface area (TPSA) is 54.9 Å². The van der Waals surface area contributed by atoms with Crippen molar-refractivity contribution < 1.29 is 9.47 Å². The van der Waals surface area contributed by atoms with E-state index in [-0.39, 0.29) is 29.4 Å². The van der Waals surface area contributed by atoms with Gasteiger partial charge in [0, 0.05) is 37.5 Å². The highest BCUT2D eigenvalue weighted by molar-refractivity contribution is 14.0. The van der Waals surface area contributed by atoms with Gasteiger partial charge in [-0.15, -0.1) is 35.3 Å². The van der Waals surface area contributed by atoms with Gasteiger partial charge >= 0.3 is 0 Å². The average Bonchev–Trinajstić information content (AvgIpc) is 3.01. The van der Waals surface area contributed by atoms with Gasteiger partial charge in [0.15, 0.2) is 5.96 Å². The van der Waals surface area contributed by atoms with Crippen LogP contribution in [0.5, 0.6) is 0 Å². The third kappa shape index (κ3) is 8.30. The Hall–Kier alpha value is -0.380. The van der Waals surface area contributed by atoms with Crippen LogP contribution in [0.1, 0.15) is 18.7 Å². The van der Waals surface area contributed by atoms with Gasteiger partial charge in [0.25, 0.3) is 0 Å². The number of methoxy groups -OCH3 is 1. The molecule has 5 nitrogen and oxygen atoms in total. The summed E-state index contributed by atoms with van der Waals surface area (Å²) in [5.74, 6) is 0.801. The highest BCUT2D eigenvalue weighted by Gasteiger charge is 2.21. The second kappa shape index (κ2) is 12.1. The number of nitrogens with zero attached hydrogens (tertiary/aromatic N) is 1. The van der Waals surface area contributed by atoms with Crippen molar-refractivity contribution in [2.75, 3.05) is 47.1 Å². The second-order valence-corrected chi connectivity index (χ2v) is 6.27. The van der Waals surface area contributed by atoms with Gasteiger partial charge in [-0.05, 0) is 11.4 Å². The summed E-state index contributed by atoms with van der Waals surface area (Å²) in [6.07, 6.45) is 0. The van der Waals surface area contributed by atoms with Crippen LogP contribution in [0.2, 0.25) is 0 Å². The number of hydrogen-bond acceptors (Lipinski definition) is 4. The third-order valence-electron chi connectivity index (χ3n) is 3.08. The zero-order valence-corrected chi connectivity index (χ0v) is 17.0. The lowest BCUT2D eigenvalue weighted by molar-refractivity contribution is 0.0733. The molecule has 0 amide bonds. The van der Waals surface area contributed by atoms with Crippen molar-refractivity contribution in [3.63, 3.8) is 0 Å². The number of ether oxygens (including phenoxy) is 2. The van der Waals surface area contributed by atoms with E-state index < -0.39 is 0 Å². The SMILES string of the molecule is CN=C(NCCOCCOC)NCC(C)(C)c1cccs1.I. The van der Waals surface area contributed by atoms with Crippen LogP contribution in [0.25, 0.3) is 0 Å². The summed E-state index contributed by atoms with van der Waals surface area (Å²) in [5, 5.41) is 8.72. The van der Waals surface area contributed by atoms with Gasteiger partial charge in [-0.1, -0.05) is 19.9 Å². The monoisotopic (exact) mass is 441 g/mol. The quantitative estimate of drug-likeness (QED) is 0.268. The van der Waals surface area contributed by atoms with Crippen molar-refractivity contribution in [1.29, 1.82) is 0 Å².